The third-order valence-corrected chi connectivity index (χ3v) is 5.09. The van der Waals surface area contributed by atoms with Crippen molar-refractivity contribution < 1.29 is 13.2 Å². The van der Waals surface area contributed by atoms with Crippen LogP contribution >= 0.6 is 0 Å². The SMILES string of the molecule is CN(C(=O)c1ccc(C#N)cc1)C1CCS(=O)(=O)C1. The largest absolute Gasteiger partial charge is 0.338 e. The Bertz CT molecular complexity index is 629. The van der Waals surface area contributed by atoms with Crippen molar-refractivity contribution in [3.63, 3.8) is 0 Å². The van der Waals surface area contributed by atoms with Gasteiger partial charge in [-0.25, -0.2) is 8.42 Å². The third kappa shape index (κ3) is 2.93. The average molecular weight is 278 g/mol. The number of hydrogen-bond donors (Lipinski definition) is 0. The van der Waals surface area contributed by atoms with Gasteiger partial charge >= 0.3 is 0 Å². The molecule has 1 unspecified atom stereocenters. The minimum atomic E-state index is -3.00. The van der Waals surface area contributed by atoms with E-state index in [-0.39, 0.29) is 23.5 Å². The quantitative estimate of drug-likeness (QED) is 0.802. The molecular formula is C13H14N2O3S. The molecule has 1 amide bonds. The molecule has 1 aliphatic rings. The van der Waals surface area contributed by atoms with Gasteiger partial charge in [0, 0.05) is 18.7 Å². The molecule has 1 aromatic rings. The lowest BCUT2D eigenvalue weighted by molar-refractivity contribution is 0.0747. The molecule has 0 aliphatic carbocycles. The molecule has 1 saturated heterocycles. The maximum Gasteiger partial charge on any atom is 0.253 e. The normalized spacial score (nSPS) is 20.7. The highest BCUT2D eigenvalue weighted by atomic mass is 32.2. The zero-order valence-electron chi connectivity index (χ0n) is 10.5. The summed E-state index contributed by atoms with van der Waals surface area (Å²) in [6.07, 6.45) is 0.487. The predicted molar refractivity (Wildman–Crippen MR) is 70.3 cm³/mol. The van der Waals surface area contributed by atoms with E-state index in [1.54, 1.807) is 31.3 Å². The van der Waals surface area contributed by atoms with Gasteiger partial charge < -0.3 is 4.90 Å². The average Bonchev–Trinajstić information content (AvgIpc) is 2.77. The number of rotatable bonds is 2. The molecule has 100 valence electrons. The summed E-state index contributed by atoms with van der Waals surface area (Å²) in [5.41, 5.74) is 0.952. The zero-order chi connectivity index (χ0) is 14.0. The first-order valence-corrected chi connectivity index (χ1v) is 7.73. The number of nitrogens with zero attached hydrogens (tertiary/aromatic N) is 2. The van der Waals surface area contributed by atoms with E-state index >= 15 is 0 Å². The van der Waals surface area contributed by atoms with Crippen LogP contribution in [0.1, 0.15) is 22.3 Å². The van der Waals surface area contributed by atoms with E-state index in [4.69, 9.17) is 5.26 Å². The highest BCUT2D eigenvalue weighted by Gasteiger charge is 2.32. The first kappa shape index (κ1) is 13.6. The van der Waals surface area contributed by atoms with Crippen LogP contribution in [0.15, 0.2) is 24.3 Å². The molecule has 0 spiro atoms. The Labute approximate surface area is 112 Å². The van der Waals surface area contributed by atoms with Crippen molar-refractivity contribution in [3.8, 4) is 6.07 Å². The van der Waals surface area contributed by atoms with Gasteiger partial charge in [0.15, 0.2) is 9.84 Å². The lowest BCUT2D eigenvalue weighted by Crippen LogP contribution is -2.37. The summed E-state index contributed by atoms with van der Waals surface area (Å²) in [6, 6.07) is 8.05. The van der Waals surface area contributed by atoms with Crippen LogP contribution in [-0.2, 0) is 9.84 Å². The molecule has 5 nitrogen and oxygen atoms in total. The van der Waals surface area contributed by atoms with Crippen LogP contribution in [0.5, 0.6) is 0 Å². The van der Waals surface area contributed by atoms with E-state index in [1.807, 2.05) is 6.07 Å². The number of amides is 1. The number of carbonyl (C=O) groups excluding carboxylic acids is 1. The Balaban J connectivity index is 2.13. The Morgan fingerprint density at radius 3 is 2.47 bits per heavy atom. The maximum atomic E-state index is 12.2. The third-order valence-electron chi connectivity index (χ3n) is 3.34. The summed E-state index contributed by atoms with van der Waals surface area (Å²) in [5, 5.41) is 8.69. The van der Waals surface area contributed by atoms with Gasteiger partial charge in [-0.3, -0.25) is 4.79 Å². The molecule has 2 rings (SSSR count). The van der Waals surface area contributed by atoms with Gasteiger partial charge in [-0.05, 0) is 30.7 Å². The van der Waals surface area contributed by atoms with Gasteiger partial charge in [0.25, 0.3) is 5.91 Å². The summed E-state index contributed by atoms with van der Waals surface area (Å²) >= 11 is 0. The van der Waals surface area contributed by atoms with Gasteiger partial charge in [-0.1, -0.05) is 0 Å². The van der Waals surface area contributed by atoms with Gasteiger partial charge in [-0.2, -0.15) is 5.26 Å². The summed E-state index contributed by atoms with van der Waals surface area (Å²) in [5.74, 6) is -0.0413. The first-order chi connectivity index (χ1) is 8.93. The fourth-order valence-electron chi connectivity index (χ4n) is 2.14. The molecule has 0 bridgehead atoms. The Kier molecular flexibility index (Phi) is 3.58. The van der Waals surface area contributed by atoms with Gasteiger partial charge in [0.2, 0.25) is 0 Å². The van der Waals surface area contributed by atoms with E-state index < -0.39 is 9.84 Å². The second-order valence-corrected chi connectivity index (χ2v) is 6.89. The zero-order valence-corrected chi connectivity index (χ0v) is 11.4. The van der Waals surface area contributed by atoms with Crippen LogP contribution in [0.4, 0.5) is 0 Å². The van der Waals surface area contributed by atoms with Gasteiger partial charge in [0.05, 0.1) is 23.1 Å². The molecule has 0 saturated carbocycles. The number of nitriles is 1. The number of sulfone groups is 1. The molecule has 1 fully saturated rings. The van der Waals surface area contributed by atoms with Crippen molar-refractivity contribution in [2.24, 2.45) is 0 Å². The Hall–Kier alpha value is -1.87. The Morgan fingerprint density at radius 2 is 2.00 bits per heavy atom. The number of carbonyl (C=O) groups is 1. The fourth-order valence-corrected chi connectivity index (χ4v) is 3.91. The van der Waals surface area contributed by atoms with Crippen molar-refractivity contribution in [1.29, 1.82) is 5.26 Å². The highest BCUT2D eigenvalue weighted by Crippen LogP contribution is 2.18. The van der Waals surface area contributed by atoms with E-state index in [2.05, 4.69) is 0 Å². The maximum absolute atomic E-state index is 12.2. The van der Waals surface area contributed by atoms with Crippen LogP contribution < -0.4 is 0 Å². The monoisotopic (exact) mass is 278 g/mol. The van der Waals surface area contributed by atoms with Crippen molar-refractivity contribution >= 4 is 15.7 Å². The van der Waals surface area contributed by atoms with Crippen LogP contribution in [-0.4, -0.2) is 43.8 Å². The van der Waals surface area contributed by atoms with Crippen LogP contribution in [0.3, 0.4) is 0 Å². The first-order valence-electron chi connectivity index (χ1n) is 5.91. The molecule has 1 heterocycles. The van der Waals surface area contributed by atoms with Gasteiger partial charge in [0.1, 0.15) is 0 Å². The summed E-state index contributed by atoms with van der Waals surface area (Å²) in [6.45, 7) is 0. The van der Waals surface area contributed by atoms with Crippen LogP contribution in [0, 0.1) is 11.3 Å². The fraction of sp³-hybridized carbons (Fsp3) is 0.385. The van der Waals surface area contributed by atoms with E-state index in [1.165, 1.54) is 4.90 Å². The van der Waals surface area contributed by atoms with E-state index in [0.717, 1.165) is 0 Å². The van der Waals surface area contributed by atoms with Crippen molar-refractivity contribution in [2.45, 2.75) is 12.5 Å². The number of hydrogen-bond acceptors (Lipinski definition) is 4. The van der Waals surface area contributed by atoms with E-state index in [0.29, 0.717) is 17.5 Å². The molecule has 19 heavy (non-hydrogen) atoms. The molecule has 6 heteroatoms. The minimum absolute atomic E-state index is 0.0333. The smallest absolute Gasteiger partial charge is 0.253 e. The molecule has 1 aromatic carbocycles. The minimum Gasteiger partial charge on any atom is -0.338 e. The summed E-state index contributed by atoms with van der Waals surface area (Å²) in [7, 11) is -1.39. The number of benzene rings is 1. The molecule has 1 aliphatic heterocycles. The second kappa shape index (κ2) is 5.02. The lowest BCUT2D eigenvalue weighted by atomic mass is 10.1. The van der Waals surface area contributed by atoms with Crippen molar-refractivity contribution in [1.82, 2.24) is 4.90 Å². The molecule has 1 atom stereocenters. The van der Waals surface area contributed by atoms with Crippen LogP contribution in [0.25, 0.3) is 0 Å². The Morgan fingerprint density at radius 1 is 1.37 bits per heavy atom. The lowest BCUT2D eigenvalue weighted by Gasteiger charge is -2.23. The van der Waals surface area contributed by atoms with Gasteiger partial charge in [-0.15, -0.1) is 0 Å². The van der Waals surface area contributed by atoms with E-state index in [9.17, 15) is 13.2 Å². The topological polar surface area (TPSA) is 78.2 Å². The second-order valence-electron chi connectivity index (χ2n) is 4.66. The molecule has 0 radical (unpaired) electrons. The summed E-state index contributed by atoms with van der Waals surface area (Å²) < 4.78 is 22.8. The van der Waals surface area contributed by atoms with Crippen molar-refractivity contribution in [3.05, 3.63) is 35.4 Å². The summed E-state index contributed by atoms with van der Waals surface area (Å²) in [4.78, 5) is 13.7. The highest BCUT2D eigenvalue weighted by molar-refractivity contribution is 7.91. The molecular weight excluding hydrogens is 264 g/mol. The van der Waals surface area contributed by atoms with Crippen LogP contribution in [0.2, 0.25) is 0 Å². The molecule has 0 N–H and O–H groups in total. The standard InChI is InChI=1S/C13H14N2O3S/c1-15(12-6-7-19(17,18)9-12)13(16)11-4-2-10(8-14)3-5-11/h2-5,12H,6-7,9H2,1H3. The molecule has 0 aromatic heterocycles. The van der Waals surface area contributed by atoms with Crippen molar-refractivity contribution in [2.75, 3.05) is 18.6 Å². The predicted octanol–water partition coefficient (Wildman–Crippen LogP) is 0.817.